The summed E-state index contributed by atoms with van der Waals surface area (Å²) in [5, 5.41) is 12.6. The Bertz CT molecular complexity index is 1120. The Kier molecular flexibility index (Phi) is 11.0. The molecule has 2 aromatic carbocycles. The summed E-state index contributed by atoms with van der Waals surface area (Å²) in [5.74, 6) is 0.161. The maximum atomic E-state index is 13.8. The molecule has 3 amide bonds. The van der Waals surface area contributed by atoms with E-state index in [0.29, 0.717) is 45.4 Å². The predicted molar refractivity (Wildman–Crippen MR) is 156 cm³/mol. The molecule has 40 heavy (non-hydrogen) atoms. The van der Waals surface area contributed by atoms with Gasteiger partial charge in [-0.3, -0.25) is 14.4 Å². The van der Waals surface area contributed by atoms with Crippen molar-refractivity contribution in [2.75, 3.05) is 19.7 Å². The number of para-hydroxylation sites is 1. The van der Waals surface area contributed by atoms with Crippen LogP contribution in [-0.2, 0) is 27.2 Å². The quantitative estimate of drug-likeness (QED) is 0.458. The van der Waals surface area contributed by atoms with E-state index >= 15 is 0 Å². The fourth-order valence-corrected chi connectivity index (χ4v) is 5.66. The van der Waals surface area contributed by atoms with Crippen LogP contribution in [0.5, 0.6) is 5.75 Å². The third-order valence-corrected chi connectivity index (χ3v) is 7.97. The fourth-order valence-electron chi connectivity index (χ4n) is 5.66. The van der Waals surface area contributed by atoms with Gasteiger partial charge >= 0.3 is 0 Å². The Morgan fingerprint density at radius 2 is 1.62 bits per heavy atom. The second-order valence-electron chi connectivity index (χ2n) is 11.0. The van der Waals surface area contributed by atoms with E-state index in [4.69, 9.17) is 4.74 Å². The molecule has 0 unspecified atom stereocenters. The average molecular weight is 549 g/mol. The first-order valence-corrected chi connectivity index (χ1v) is 14.9. The zero-order chi connectivity index (χ0) is 28.2. The second kappa shape index (κ2) is 14.8. The van der Waals surface area contributed by atoms with Crippen molar-refractivity contribution in [2.24, 2.45) is 0 Å². The molecule has 4 N–H and O–H groups in total. The molecule has 0 saturated heterocycles. The Hall–Kier alpha value is -3.39. The van der Waals surface area contributed by atoms with Crippen LogP contribution in [0.1, 0.15) is 69.4 Å². The number of hydrogen-bond acceptors (Lipinski definition) is 5. The van der Waals surface area contributed by atoms with Crippen LogP contribution in [0.3, 0.4) is 0 Å². The highest BCUT2D eigenvalue weighted by molar-refractivity contribution is 5.96. The summed E-state index contributed by atoms with van der Waals surface area (Å²) in [6.07, 6.45) is 7.24. The van der Waals surface area contributed by atoms with E-state index in [2.05, 4.69) is 28.2 Å². The zero-order valence-electron chi connectivity index (χ0n) is 23.7. The lowest BCUT2D eigenvalue weighted by Gasteiger charge is -2.33. The fraction of sp³-hybridized carbons (Fsp3) is 0.531. The summed E-state index contributed by atoms with van der Waals surface area (Å²) in [7, 11) is 0. The third-order valence-electron chi connectivity index (χ3n) is 7.97. The van der Waals surface area contributed by atoms with Crippen molar-refractivity contribution >= 4 is 17.7 Å². The molecule has 1 saturated carbocycles. The highest BCUT2D eigenvalue weighted by Gasteiger charge is 2.44. The van der Waals surface area contributed by atoms with Crippen molar-refractivity contribution in [3.05, 3.63) is 65.7 Å². The van der Waals surface area contributed by atoms with Crippen LogP contribution in [0.15, 0.2) is 54.6 Å². The van der Waals surface area contributed by atoms with Crippen molar-refractivity contribution in [2.45, 2.75) is 88.8 Å². The number of amides is 3. The van der Waals surface area contributed by atoms with Crippen molar-refractivity contribution in [1.29, 1.82) is 0 Å². The monoisotopic (exact) mass is 548 g/mol. The first-order chi connectivity index (χ1) is 19.5. The van der Waals surface area contributed by atoms with Crippen LogP contribution in [0.4, 0.5) is 0 Å². The van der Waals surface area contributed by atoms with Gasteiger partial charge in [-0.15, -0.1) is 0 Å². The summed E-state index contributed by atoms with van der Waals surface area (Å²) < 4.78 is 6.09. The molecule has 1 fully saturated rings. The Labute approximate surface area is 238 Å². The SMILES string of the molecule is CCCC[C@@H]1NCCOc2ccccc2CCCNC(=O)[C@H](Cc2ccccc2)NC(=O)C2(CCCC2)NC1=O. The summed E-state index contributed by atoms with van der Waals surface area (Å²) >= 11 is 0. The highest BCUT2D eigenvalue weighted by Crippen LogP contribution is 2.30. The molecule has 2 atom stereocenters. The number of fused-ring (bicyclic) bond motifs is 1. The molecule has 2 aromatic rings. The first-order valence-electron chi connectivity index (χ1n) is 14.9. The number of unbranched alkanes of at least 4 members (excludes halogenated alkanes) is 1. The summed E-state index contributed by atoms with van der Waals surface area (Å²) in [6, 6.07) is 16.5. The van der Waals surface area contributed by atoms with Crippen LogP contribution in [-0.4, -0.2) is 55.0 Å². The number of benzene rings is 2. The molecular weight excluding hydrogens is 504 g/mol. The molecule has 4 rings (SSSR count). The predicted octanol–water partition coefficient (Wildman–Crippen LogP) is 3.43. The second-order valence-corrected chi connectivity index (χ2v) is 11.0. The van der Waals surface area contributed by atoms with E-state index < -0.39 is 17.6 Å². The molecule has 1 heterocycles. The molecule has 8 heteroatoms. The Morgan fingerprint density at radius 3 is 2.40 bits per heavy atom. The van der Waals surface area contributed by atoms with Crippen molar-refractivity contribution in [3.8, 4) is 5.75 Å². The number of ether oxygens (including phenoxy) is 1. The lowest BCUT2D eigenvalue weighted by molar-refractivity contribution is -0.136. The number of hydrogen-bond donors (Lipinski definition) is 4. The Morgan fingerprint density at radius 1 is 0.875 bits per heavy atom. The van der Waals surface area contributed by atoms with Gasteiger partial charge in [0.15, 0.2) is 0 Å². The maximum absolute atomic E-state index is 13.8. The maximum Gasteiger partial charge on any atom is 0.246 e. The van der Waals surface area contributed by atoms with E-state index in [-0.39, 0.29) is 17.7 Å². The lowest BCUT2D eigenvalue weighted by Crippen LogP contribution is -2.63. The van der Waals surface area contributed by atoms with Crippen molar-refractivity contribution in [1.82, 2.24) is 21.3 Å². The van der Waals surface area contributed by atoms with Crippen LogP contribution in [0.2, 0.25) is 0 Å². The van der Waals surface area contributed by atoms with Gasteiger partial charge in [0.05, 0.1) is 6.04 Å². The minimum atomic E-state index is -1.01. The molecule has 0 radical (unpaired) electrons. The van der Waals surface area contributed by atoms with Gasteiger partial charge in [0.2, 0.25) is 17.7 Å². The zero-order valence-corrected chi connectivity index (χ0v) is 23.7. The van der Waals surface area contributed by atoms with Gasteiger partial charge < -0.3 is 26.0 Å². The normalized spacial score (nSPS) is 22.7. The van der Waals surface area contributed by atoms with E-state index in [1.807, 2.05) is 54.6 Å². The van der Waals surface area contributed by atoms with Crippen molar-refractivity contribution in [3.63, 3.8) is 0 Å². The van der Waals surface area contributed by atoms with Gasteiger partial charge in [0.25, 0.3) is 0 Å². The molecule has 216 valence electrons. The van der Waals surface area contributed by atoms with E-state index in [9.17, 15) is 14.4 Å². The summed E-state index contributed by atoms with van der Waals surface area (Å²) in [4.78, 5) is 40.8. The molecule has 2 aliphatic rings. The molecule has 8 nitrogen and oxygen atoms in total. The minimum absolute atomic E-state index is 0.170. The molecule has 0 aromatic heterocycles. The van der Waals surface area contributed by atoms with Crippen molar-refractivity contribution < 1.29 is 19.1 Å². The van der Waals surface area contributed by atoms with Gasteiger partial charge in [-0.1, -0.05) is 81.1 Å². The number of carbonyl (C=O) groups excluding carboxylic acids is 3. The molecule has 0 bridgehead atoms. The topological polar surface area (TPSA) is 109 Å². The van der Waals surface area contributed by atoms with Gasteiger partial charge in [-0.2, -0.15) is 0 Å². The van der Waals surface area contributed by atoms with Crippen LogP contribution < -0.4 is 26.0 Å². The van der Waals surface area contributed by atoms with Crippen LogP contribution in [0, 0.1) is 0 Å². The van der Waals surface area contributed by atoms with Gasteiger partial charge in [0, 0.05) is 19.5 Å². The lowest BCUT2D eigenvalue weighted by atomic mass is 9.93. The standard InChI is InChI=1S/C32H44N4O4/c1-2-3-16-26-30(38)36-32(18-9-10-19-32)31(39)35-27(23-24-12-5-4-6-13-24)29(37)34-20-11-15-25-14-7-8-17-28(25)40-22-21-33-26/h4-8,12-14,17,26-27,33H,2-3,9-11,15-16,18-23H2,1H3,(H,34,37)(H,35,39)(H,36,38)/t26-,27-/m0/s1. The summed E-state index contributed by atoms with van der Waals surface area (Å²) in [5.41, 5.74) is 1.03. The average Bonchev–Trinajstić information content (AvgIpc) is 3.44. The molecular formula is C32H44N4O4. The summed E-state index contributed by atoms with van der Waals surface area (Å²) in [6.45, 7) is 3.53. The Balaban J connectivity index is 1.58. The molecule has 1 spiro atoms. The van der Waals surface area contributed by atoms with Gasteiger partial charge in [-0.25, -0.2) is 0 Å². The van der Waals surface area contributed by atoms with Crippen LogP contribution in [0.25, 0.3) is 0 Å². The molecule has 1 aliphatic carbocycles. The van der Waals surface area contributed by atoms with Gasteiger partial charge in [-0.05, 0) is 49.3 Å². The number of carbonyl (C=O) groups is 3. The first kappa shape index (κ1) is 29.6. The smallest absolute Gasteiger partial charge is 0.246 e. The van der Waals surface area contributed by atoms with Crippen LogP contribution >= 0.6 is 0 Å². The number of aryl methyl sites for hydroxylation is 1. The minimum Gasteiger partial charge on any atom is -0.492 e. The molecule has 1 aliphatic heterocycles. The largest absolute Gasteiger partial charge is 0.492 e. The number of rotatable bonds is 5. The van der Waals surface area contributed by atoms with E-state index in [0.717, 1.165) is 55.4 Å². The third kappa shape index (κ3) is 8.07. The van der Waals surface area contributed by atoms with E-state index in [1.165, 1.54) is 0 Å². The highest BCUT2D eigenvalue weighted by atomic mass is 16.5. The number of nitrogens with one attached hydrogen (secondary N) is 4. The van der Waals surface area contributed by atoms with Gasteiger partial charge in [0.1, 0.15) is 23.9 Å². The van der Waals surface area contributed by atoms with E-state index in [1.54, 1.807) is 0 Å².